The lowest BCUT2D eigenvalue weighted by Gasteiger charge is -2.02. The summed E-state index contributed by atoms with van der Waals surface area (Å²) in [6.45, 7) is 1.59. The molecule has 0 aromatic heterocycles. The van der Waals surface area contributed by atoms with Gasteiger partial charge < -0.3 is 5.11 Å². The molecule has 1 aromatic carbocycles. The highest BCUT2D eigenvalue weighted by Gasteiger charge is 2.03. The number of phenols is 1. The van der Waals surface area contributed by atoms with Gasteiger partial charge in [-0.25, -0.2) is 4.39 Å². The summed E-state index contributed by atoms with van der Waals surface area (Å²) < 4.78 is 12.8. The minimum atomic E-state index is -0.430. The van der Waals surface area contributed by atoms with Crippen LogP contribution < -0.4 is 0 Å². The van der Waals surface area contributed by atoms with Crippen LogP contribution in [0.15, 0.2) is 18.2 Å². The van der Waals surface area contributed by atoms with Gasteiger partial charge in [0.1, 0.15) is 17.9 Å². The number of aromatic hydroxyl groups is 1. The van der Waals surface area contributed by atoms with Crippen LogP contribution >= 0.6 is 0 Å². The van der Waals surface area contributed by atoms with Crippen LogP contribution in [0.5, 0.6) is 5.75 Å². The predicted octanol–water partition coefficient (Wildman–Crippen LogP) is 2.05. The molecule has 0 aliphatic rings. The van der Waals surface area contributed by atoms with Gasteiger partial charge in [-0.15, -0.1) is 0 Å². The molecule has 0 unspecified atom stereocenters. The highest BCUT2D eigenvalue weighted by Crippen LogP contribution is 2.24. The van der Waals surface area contributed by atoms with Crippen molar-refractivity contribution in [2.45, 2.75) is 6.92 Å². The van der Waals surface area contributed by atoms with Crippen molar-refractivity contribution in [3.63, 3.8) is 0 Å². The summed E-state index contributed by atoms with van der Waals surface area (Å²) in [4.78, 5) is 10.00. The number of carbonyl (C=O) groups excluding carboxylic acids is 1. The molecular formula is C10H9FO2. The fourth-order valence-electron chi connectivity index (χ4n) is 1.03. The van der Waals surface area contributed by atoms with Gasteiger partial charge in [0.25, 0.3) is 0 Å². The zero-order valence-corrected chi connectivity index (χ0v) is 7.12. The minimum absolute atomic E-state index is 0.000463. The van der Waals surface area contributed by atoms with Gasteiger partial charge >= 0.3 is 0 Å². The van der Waals surface area contributed by atoms with Gasteiger partial charge in [-0.1, -0.05) is 0 Å². The molecule has 0 spiro atoms. The van der Waals surface area contributed by atoms with Gasteiger partial charge in [-0.2, -0.15) is 0 Å². The minimum Gasteiger partial charge on any atom is -0.507 e. The van der Waals surface area contributed by atoms with Gasteiger partial charge in [-0.05, 0) is 36.8 Å². The smallest absolute Gasteiger partial charge is 0.142 e. The molecule has 1 N–H and O–H groups in total. The SMILES string of the molecule is Cc1cc(F)cc(C=CC=O)c1O. The molecule has 0 saturated heterocycles. The number of aldehydes is 1. The maximum absolute atomic E-state index is 12.8. The van der Waals surface area contributed by atoms with E-state index in [1.54, 1.807) is 6.92 Å². The van der Waals surface area contributed by atoms with E-state index in [0.717, 1.165) is 0 Å². The average Bonchev–Trinajstić information content (AvgIpc) is 2.09. The number of hydrogen-bond donors (Lipinski definition) is 1. The first-order valence-corrected chi connectivity index (χ1v) is 3.76. The topological polar surface area (TPSA) is 37.3 Å². The monoisotopic (exact) mass is 180 g/mol. The van der Waals surface area contributed by atoms with Gasteiger partial charge in [0.2, 0.25) is 0 Å². The molecule has 3 heteroatoms. The van der Waals surface area contributed by atoms with Crippen LogP contribution in [0.2, 0.25) is 0 Å². The van der Waals surface area contributed by atoms with E-state index in [0.29, 0.717) is 17.4 Å². The number of hydrogen-bond acceptors (Lipinski definition) is 2. The summed E-state index contributed by atoms with van der Waals surface area (Å²) in [5.41, 5.74) is 0.759. The maximum atomic E-state index is 12.8. The molecule has 0 aliphatic carbocycles. The van der Waals surface area contributed by atoms with Crippen LogP contribution in [0.3, 0.4) is 0 Å². The molecule has 68 valence electrons. The van der Waals surface area contributed by atoms with Crippen molar-refractivity contribution in [3.05, 3.63) is 35.2 Å². The van der Waals surface area contributed by atoms with E-state index in [1.807, 2.05) is 0 Å². The number of allylic oxidation sites excluding steroid dienone is 1. The highest BCUT2D eigenvalue weighted by atomic mass is 19.1. The molecule has 0 amide bonds. The lowest BCUT2D eigenvalue weighted by Crippen LogP contribution is -1.83. The Kier molecular flexibility index (Phi) is 2.80. The molecule has 0 saturated carbocycles. The molecule has 1 aromatic rings. The lowest BCUT2D eigenvalue weighted by molar-refractivity contribution is -0.104. The van der Waals surface area contributed by atoms with Gasteiger partial charge in [0, 0.05) is 5.56 Å². The summed E-state index contributed by atoms with van der Waals surface area (Å²) in [6.07, 6.45) is 3.13. The maximum Gasteiger partial charge on any atom is 0.142 e. The predicted molar refractivity (Wildman–Crippen MR) is 47.9 cm³/mol. The Bertz CT molecular complexity index is 356. The normalized spacial score (nSPS) is 10.6. The number of phenolic OH excluding ortho intramolecular Hbond substituents is 1. The van der Waals surface area contributed by atoms with Crippen LogP contribution in [-0.2, 0) is 4.79 Å². The van der Waals surface area contributed by atoms with E-state index in [-0.39, 0.29) is 5.75 Å². The Morgan fingerprint density at radius 1 is 1.46 bits per heavy atom. The molecule has 13 heavy (non-hydrogen) atoms. The molecule has 0 bridgehead atoms. The number of benzene rings is 1. The Balaban J connectivity index is 3.19. The molecular weight excluding hydrogens is 171 g/mol. The Hall–Kier alpha value is -1.64. The summed E-state index contributed by atoms with van der Waals surface area (Å²) >= 11 is 0. The highest BCUT2D eigenvalue weighted by molar-refractivity contribution is 5.75. The van der Waals surface area contributed by atoms with Crippen LogP contribution in [-0.4, -0.2) is 11.4 Å². The zero-order valence-electron chi connectivity index (χ0n) is 7.12. The van der Waals surface area contributed by atoms with Crippen molar-refractivity contribution >= 4 is 12.4 Å². The van der Waals surface area contributed by atoms with E-state index in [9.17, 15) is 14.3 Å². The standard InChI is InChI=1S/C10H9FO2/c1-7-5-9(11)6-8(10(7)13)3-2-4-12/h2-6,13H,1H3. The molecule has 0 aliphatic heterocycles. The van der Waals surface area contributed by atoms with Crippen molar-refractivity contribution in [1.29, 1.82) is 0 Å². The van der Waals surface area contributed by atoms with Crippen molar-refractivity contribution < 1.29 is 14.3 Å². The third-order valence-electron chi connectivity index (χ3n) is 1.65. The van der Waals surface area contributed by atoms with Crippen LogP contribution in [0.1, 0.15) is 11.1 Å². The number of carbonyl (C=O) groups is 1. The van der Waals surface area contributed by atoms with E-state index >= 15 is 0 Å². The third kappa shape index (κ3) is 2.15. The molecule has 0 heterocycles. The molecule has 2 nitrogen and oxygen atoms in total. The van der Waals surface area contributed by atoms with E-state index < -0.39 is 5.82 Å². The molecule has 0 atom stereocenters. The Labute approximate surface area is 75.3 Å². The summed E-state index contributed by atoms with van der Waals surface area (Å²) in [5.74, 6) is -0.430. The summed E-state index contributed by atoms with van der Waals surface area (Å²) in [7, 11) is 0. The van der Waals surface area contributed by atoms with Crippen molar-refractivity contribution in [3.8, 4) is 5.75 Å². The molecule has 0 fully saturated rings. The van der Waals surface area contributed by atoms with Crippen molar-refractivity contribution in [1.82, 2.24) is 0 Å². The zero-order chi connectivity index (χ0) is 9.84. The van der Waals surface area contributed by atoms with Crippen LogP contribution in [0.4, 0.5) is 4.39 Å². The summed E-state index contributed by atoms with van der Waals surface area (Å²) in [6, 6.07) is 2.40. The number of halogens is 1. The first-order valence-electron chi connectivity index (χ1n) is 3.76. The van der Waals surface area contributed by atoms with Gasteiger partial charge in [0.05, 0.1) is 0 Å². The largest absolute Gasteiger partial charge is 0.507 e. The third-order valence-corrected chi connectivity index (χ3v) is 1.65. The lowest BCUT2D eigenvalue weighted by atomic mass is 10.1. The van der Waals surface area contributed by atoms with Crippen LogP contribution in [0.25, 0.3) is 6.08 Å². The van der Waals surface area contributed by atoms with Gasteiger partial charge in [-0.3, -0.25) is 4.79 Å². The van der Waals surface area contributed by atoms with E-state index in [2.05, 4.69) is 0 Å². The second-order valence-electron chi connectivity index (χ2n) is 2.66. The number of aryl methyl sites for hydroxylation is 1. The summed E-state index contributed by atoms with van der Waals surface area (Å²) in [5, 5.41) is 9.41. The quantitative estimate of drug-likeness (QED) is 0.558. The van der Waals surface area contributed by atoms with Crippen molar-refractivity contribution in [2.24, 2.45) is 0 Å². The van der Waals surface area contributed by atoms with Crippen LogP contribution in [0, 0.1) is 12.7 Å². The van der Waals surface area contributed by atoms with Crippen molar-refractivity contribution in [2.75, 3.05) is 0 Å². The first kappa shape index (κ1) is 9.45. The van der Waals surface area contributed by atoms with E-state index in [1.165, 1.54) is 24.3 Å². The fraction of sp³-hybridized carbons (Fsp3) is 0.100. The Morgan fingerprint density at radius 3 is 2.77 bits per heavy atom. The first-order chi connectivity index (χ1) is 6.15. The van der Waals surface area contributed by atoms with Gasteiger partial charge in [0.15, 0.2) is 0 Å². The second-order valence-corrected chi connectivity index (χ2v) is 2.66. The molecule has 1 rings (SSSR count). The molecule has 0 radical (unpaired) electrons. The average molecular weight is 180 g/mol. The number of rotatable bonds is 2. The Morgan fingerprint density at radius 2 is 2.15 bits per heavy atom. The second kappa shape index (κ2) is 3.85. The fourth-order valence-corrected chi connectivity index (χ4v) is 1.03. The van der Waals surface area contributed by atoms with E-state index in [4.69, 9.17) is 0 Å².